The first kappa shape index (κ1) is 35.4. The predicted octanol–water partition coefficient (Wildman–Crippen LogP) is 4.49. The highest BCUT2D eigenvalue weighted by Crippen LogP contribution is 2.23. The number of hydrogen-bond donors (Lipinski definition) is 2. The number of fused-ring (bicyclic) bond motifs is 2. The summed E-state index contributed by atoms with van der Waals surface area (Å²) in [6, 6.07) is 12.7. The van der Waals surface area contributed by atoms with Crippen LogP contribution in [0.5, 0.6) is 6.01 Å². The number of alkyl halides is 3. The number of anilines is 4. The van der Waals surface area contributed by atoms with Gasteiger partial charge in [0, 0.05) is 49.7 Å². The van der Waals surface area contributed by atoms with Crippen molar-refractivity contribution in [3.05, 3.63) is 59.7 Å². The molecule has 1 aromatic heterocycles. The van der Waals surface area contributed by atoms with E-state index in [1.165, 1.54) is 0 Å². The molecule has 12 nitrogen and oxygen atoms in total. The molecule has 3 aliphatic rings. The van der Waals surface area contributed by atoms with Crippen LogP contribution in [0.4, 0.5) is 36.4 Å². The molecule has 0 saturated heterocycles. The van der Waals surface area contributed by atoms with Crippen LogP contribution in [0.1, 0.15) is 40.0 Å². The number of ether oxygens (including phenoxy) is 1. The van der Waals surface area contributed by atoms with Gasteiger partial charge >= 0.3 is 12.2 Å². The topological polar surface area (TPSA) is 119 Å². The van der Waals surface area contributed by atoms with Crippen molar-refractivity contribution in [1.82, 2.24) is 34.6 Å². The Morgan fingerprint density at radius 2 is 1.02 bits per heavy atom. The summed E-state index contributed by atoms with van der Waals surface area (Å²) in [5, 5.41) is 5.87. The minimum atomic E-state index is -4.60. The Kier molecular flexibility index (Phi) is 12.3. The molecule has 47 heavy (non-hydrogen) atoms. The first-order valence-corrected chi connectivity index (χ1v) is 15.4. The summed E-state index contributed by atoms with van der Waals surface area (Å²) in [5.74, 6) is -0.400. The van der Waals surface area contributed by atoms with E-state index in [1.54, 1.807) is 72.4 Å². The Morgan fingerprint density at radius 1 is 0.638 bits per heavy atom. The average molecular weight is 658 g/mol. The molecule has 0 atom stereocenters. The van der Waals surface area contributed by atoms with Gasteiger partial charge in [0.15, 0.2) is 6.61 Å². The van der Waals surface area contributed by atoms with Gasteiger partial charge in [-0.25, -0.2) is 0 Å². The van der Waals surface area contributed by atoms with Gasteiger partial charge in [-0.05, 0) is 108 Å². The van der Waals surface area contributed by atoms with E-state index in [0.717, 1.165) is 45.4 Å². The van der Waals surface area contributed by atoms with Crippen LogP contribution in [0.2, 0.25) is 0 Å². The molecule has 0 unspecified atom stereocenters. The molecule has 2 aromatic carbocycles. The lowest BCUT2D eigenvalue weighted by molar-refractivity contribution is -0.154. The molecule has 2 N–H and O–H groups in total. The van der Waals surface area contributed by atoms with Crippen molar-refractivity contribution in [2.75, 3.05) is 84.7 Å². The second-order valence-electron chi connectivity index (χ2n) is 11.7. The van der Waals surface area contributed by atoms with Gasteiger partial charge < -0.3 is 35.0 Å². The summed E-state index contributed by atoms with van der Waals surface area (Å²) < 4.78 is 43.5. The first-order chi connectivity index (χ1) is 22.4. The van der Waals surface area contributed by atoms with Crippen LogP contribution in [0.15, 0.2) is 48.5 Å². The van der Waals surface area contributed by atoms with E-state index in [0.29, 0.717) is 35.6 Å². The third-order valence-corrected chi connectivity index (χ3v) is 7.60. The van der Waals surface area contributed by atoms with Crippen molar-refractivity contribution in [3.8, 4) is 6.01 Å². The van der Waals surface area contributed by atoms with E-state index < -0.39 is 18.8 Å². The van der Waals surface area contributed by atoms with Crippen molar-refractivity contribution >= 4 is 35.1 Å². The zero-order valence-corrected chi connectivity index (χ0v) is 27.2. The van der Waals surface area contributed by atoms with Crippen LogP contribution in [0, 0.1) is 0 Å². The molecule has 4 heterocycles. The van der Waals surface area contributed by atoms with Gasteiger partial charge in [-0.3, -0.25) is 9.59 Å². The van der Waals surface area contributed by atoms with Crippen molar-refractivity contribution < 1.29 is 27.5 Å². The second-order valence-corrected chi connectivity index (χ2v) is 11.7. The summed E-state index contributed by atoms with van der Waals surface area (Å²) >= 11 is 0. The zero-order chi connectivity index (χ0) is 34.0. The standard InChI is InChI=1S/C32H42F3N9O3/c1-41-16-5-17-42(2)19-7-21-44(4)28(46)24-10-14-26(15-11-24)37-30-38-29(39-31(40-30)47-22-32(33,34)35)36-25-12-8-23(9-13-25)27(45)43(3)20-6-18-41/h8-15H,5-7,16-22H2,1-4H3,(H2,36,37,38,39,40). The SMILES string of the molecule is CN1CCCN(C)CCCN(C)C(=O)c2ccc(cc2)Nc2nc(nc(OCC(F)(F)F)n2)Nc2ccc(cc2)C(=O)N(C)CCC1. The molecule has 254 valence electrons. The molecule has 2 amide bonds. The number of aromatic nitrogens is 3. The van der Waals surface area contributed by atoms with Crippen LogP contribution in [0.3, 0.4) is 0 Å². The van der Waals surface area contributed by atoms with Gasteiger partial charge in [0.1, 0.15) is 0 Å². The lowest BCUT2D eigenvalue weighted by Crippen LogP contribution is -2.32. The fraction of sp³-hybridized carbons (Fsp3) is 0.469. The highest BCUT2D eigenvalue weighted by atomic mass is 19.4. The predicted molar refractivity (Wildman–Crippen MR) is 174 cm³/mol. The monoisotopic (exact) mass is 657 g/mol. The maximum Gasteiger partial charge on any atom is 0.422 e. The Hall–Kier alpha value is -4.50. The fourth-order valence-electron chi connectivity index (χ4n) is 4.96. The summed E-state index contributed by atoms with van der Waals surface area (Å²) in [7, 11) is 7.69. The third-order valence-electron chi connectivity index (χ3n) is 7.60. The number of benzene rings is 2. The first-order valence-electron chi connectivity index (χ1n) is 15.4. The highest BCUT2D eigenvalue weighted by molar-refractivity contribution is 5.95. The van der Waals surface area contributed by atoms with Gasteiger partial charge in [0.25, 0.3) is 11.8 Å². The Morgan fingerprint density at radius 3 is 1.40 bits per heavy atom. The van der Waals surface area contributed by atoms with Gasteiger partial charge in [0.05, 0.1) is 0 Å². The summed E-state index contributed by atoms with van der Waals surface area (Å²) in [6.07, 6.45) is -1.93. The summed E-state index contributed by atoms with van der Waals surface area (Å²) in [5.41, 5.74) is 1.97. The third kappa shape index (κ3) is 11.4. The Bertz CT molecular complexity index is 1380. The van der Waals surface area contributed by atoms with Crippen molar-refractivity contribution in [1.29, 1.82) is 0 Å². The molecule has 0 fully saturated rings. The quantitative estimate of drug-likeness (QED) is 0.408. The van der Waals surface area contributed by atoms with Gasteiger partial charge in [0.2, 0.25) is 11.9 Å². The maximum absolute atomic E-state index is 13.0. The van der Waals surface area contributed by atoms with E-state index >= 15 is 0 Å². The Balaban J connectivity index is 1.56. The van der Waals surface area contributed by atoms with E-state index in [1.807, 2.05) is 0 Å². The van der Waals surface area contributed by atoms with E-state index in [4.69, 9.17) is 4.74 Å². The molecule has 15 heteroatoms. The molecular weight excluding hydrogens is 615 g/mol. The fourth-order valence-corrected chi connectivity index (χ4v) is 4.96. The lowest BCUT2D eigenvalue weighted by atomic mass is 10.1. The molecule has 3 aromatic rings. The zero-order valence-electron chi connectivity index (χ0n) is 27.2. The minimum absolute atomic E-state index is 0.0767. The van der Waals surface area contributed by atoms with Crippen molar-refractivity contribution in [2.45, 2.75) is 25.4 Å². The number of nitrogens with one attached hydrogen (secondary N) is 2. The van der Waals surface area contributed by atoms with Crippen LogP contribution in [-0.4, -0.2) is 127 Å². The van der Waals surface area contributed by atoms with Gasteiger partial charge in [-0.2, -0.15) is 28.1 Å². The van der Waals surface area contributed by atoms with E-state index in [-0.39, 0.29) is 23.7 Å². The molecular formula is C32H42F3N9O3. The molecule has 0 saturated carbocycles. The molecule has 0 radical (unpaired) electrons. The summed E-state index contributed by atoms with van der Waals surface area (Å²) in [4.78, 5) is 46.2. The maximum atomic E-state index is 13.0. The molecule has 3 aliphatic heterocycles. The number of carbonyl (C=O) groups is 2. The van der Waals surface area contributed by atoms with Crippen LogP contribution >= 0.6 is 0 Å². The van der Waals surface area contributed by atoms with Crippen molar-refractivity contribution in [3.63, 3.8) is 0 Å². The number of hydrogen-bond acceptors (Lipinski definition) is 10. The lowest BCUT2D eigenvalue weighted by Gasteiger charge is -2.23. The van der Waals surface area contributed by atoms with Gasteiger partial charge in [-0.15, -0.1) is 0 Å². The molecule has 0 aliphatic carbocycles. The molecule has 6 bridgehead atoms. The van der Waals surface area contributed by atoms with Gasteiger partial charge in [-0.1, -0.05) is 0 Å². The minimum Gasteiger partial charge on any atom is -0.454 e. The molecule has 6 rings (SSSR count). The molecule has 0 spiro atoms. The number of halogens is 3. The van der Waals surface area contributed by atoms with E-state index in [9.17, 15) is 22.8 Å². The van der Waals surface area contributed by atoms with Crippen LogP contribution < -0.4 is 15.4 Å². The van der Waals surface area contributed by atoms with Crippen molar-refractivity contribution in [2.24, 2.45) is 0 Å². The van der Waals surface area contributed by atoms with E-state index in [2.05, 4.69) is 49.5 Å². The van der Waals surface area contributed by atoms with Crippen LogP contribution in [-0.2, 0) is 0 Å². The highest BCUT2D eigenvalue weighted by Gasteiger charge is 2.29. The smallest absolute Gasteiger partial charge is 0.422 e. The largest absolute Gasteiger partial charge is 0.454 e. The Labute approximate surface area is 272 Å². The number of rotatable bonds is 2. The number of amides is 2. The second kappa shape index (κ2) is 16.4. The number of carbonyl (C=O) groups excluding carboxylic acids is 2. The summed E-state index contributed by atoms with van der Waals surface area (Å²) in [6.45, 7) is 3.21. The normalized spacial score (nSPS) is 17.2. The number of nitrogens with zero attached hydrogens (tertiary/aromatic N) is 7. The average Bonchev–Trinajstić information content (AvgIpc) is 3.03. The van der Waals surface area contributed by atoms with Crippen LogP contribution in [0.25, 0.3) is 0 Å².